The average molecular weight is 352 g/mol. The first-order chi connectivity index (χ1) is 12.6. The largest absolute Gasteiger partial charge is 0.325 e. The Bertz CT molecular complexity index is 884. The number of carbonyl (C=O) groups excluding carboxylic acids is 3. The van der Waals surface area contributed by atoms with Crippen molar-refractivity contribution in [1.29, 1.82) is 0 Å². The van der Waals surface area contributed by atoms with E-state index in [1.807, 2.05) is 30.3 Å². The number of carbonyl (C=O) groups is 3. The molecule has 4 rings (SSSR count). The Hall–Kier alpha value is -2.96. The summed E-state index contributed by atoms with van der Waals surface area (Å²) in [4.78, 5) is 42.5. The molecule has 26 heavy (non-hydrogen) atoms. The van der Waals surface area contributed by atoms with Crippen LogP contribution in [0.15, 0.2) is 36.5 Å². The average Bonchev–Trinajstić information content (AvgIpc) is 3.20. The van der Waals surface area contributed by atoms with E-state index in [0.717, 1.165) is 23.7 Å². The number of anilines is 1. The number of hydrogen-bond acceptors (Lipinski definition) is 4. The Labute approximate surface area is 150 Å². The van der Waals surface area contributed by atoms with Crippen molar-refractivity contribution < 1.29 is 14.4 Å². The molecule has 2 aromatic rings. The number of hydrogen-bond donors (Lipinski definition) is 2. The second-order valence-electron chi connectivity index (χ2n) is 6.85. The number of amides is 4. The molecule has 1 aromatic heterocycles. The van der Waals surface area contributed by atoms with Crippen molar-refractivity contribution in [2.75, 3.05) is 11.9 Å². The Morgan fingerprint density at radius 3 is 2.81 bits per heavy atom. The first-order valence-corrected chi connectivity index (χ1v) is 8.87. The molecule has 1 aliphatic carbocycles. The van der Waals surface area contributed by atoms with Crippen LogP contribution in [0, 0.1) is 0 Å². The molecule has 0 atom stereocenters. The third-order valence-corrected chi connectivity index (χ3v) is 5.19. The van der Waals surface area contributed by atoms with E-state index in [1.54, 1.807) is 6.20 Å². The van der Waals surface area contributed by atoms with E-state index in [2.05, 4.69) is 15.6 Å². The molecule has 4 amide bonds. The van der Waals surface area contributed by atoms with Gasteiger partial charge in [0, 0.05) is 24.5 Å². The molecule has 1 saturated carbocycles. The number of fused-ring (bicyclic) bond motifs is 1. The van der Waals surface area contributed by atoms with Gasteiger partial charge in [-0.1, -0.05) is 18.9 Å². The highest BCUT2D eigenvalue weighted by Gasteiger charge is 2.52. The van der Waals surface area contributed by atoms with Gasteiger partial charge in [-0.3, -0.25) is 19.5 Å². The second-order valence-corrected chi connectivity index (χ2v) is 6.85. The van der Waals surface area contributed by atoms with E-state index < -0.39 is 5.54 Å². The van der Waals surface area contributed by atoms with Crippen LogP contribution in [0.4, 0.5) is 10.5 Å². The van der Waals surface area contributed by atoms with Crippen LogP contribution in [0.5, 0.6) is 0 Å². The van der Waals surface area contributed by atoms with E-state index in [9.17, 15) is 14.4 Å². The summed E-state index contributed by atoms with van der Waals surface area (Å²) in [7, 11) is 0. The molecule has 0 bridgehead atoms. The van der Waals surface area contributed by atoms with Gasteiger partial charge in [0.15, 0.2) is 0 Å². The molecule has 7 nitrogen and oxygen atoms in total. The van der Waals surface area contributed by atoms with E-state index in [1.165, 1.54) is 4.90 Å². The SMILES string of the molecule is O=C(CCN1C(=O)NC2(CCCC2)C1=O)Nc1cccc2ncccc12. The highest BCUT2D eigenvalue weighted by molar-refractivity contribution is 6.07. The molecule has 2 fully saturated rings. The van der Waals surface area contributed by atoms with Crippen molar-refractivity contribution in [2.24, 2.45) is 0 Å². The summed E-state index contributed by atoms with van der Waals surface area (Å²) >= 11 is 0. The van der Waals surface area contributed by atoms with Gasteiger partial charge < -0.3 is 10.6 Å². The fourth-order valence-corrected chi connectivity index (χ4v) is 3.84. The molecule has 7 heteroatoms. The lowest BCUT2D eigenvalue weighted by molar-refractivity contribution is -0.131. The van der Waals surface area contributed by atoms with Crippen molar-refractivity contribution in [3.05, 3.63) is 36.5 Å². The van der Waals surface area contributed by atoms with Crippen molar-refractivity contribution in [2.45, 2.75) is 37.6 Å². The maximum absolute atomic E-state index is 12.6. The molecular weight excluding hydrogens is 332 g/mol. The lowest BCUT2D eigenvalue weighted by atomic mass is 9.98. The van der Waals surface area contributed by atoms with Crippen LogP contribution >= 0.6 is 0 Å². The van der Waals surface area contributed by atoms with Crippen LogP contribution in [0.25, 0.3) is 10.9 Å². The number of benzene rings is 1. The number of pyridine rings is 1. The summed E-state index contributed by atoms with van der Waals surface area (Å²) in [6.45, 7) is 0.0846. The number of nitrogens with one attached hydrogen (secondary N) is 2. The minimum absolute atomic E-state index is 0.0614. The third-order valence-electron chi connectivity index (χ3n) is 5.19. The standard InChI is InChI=1S/C19H20N4O3/c24-16(21-15-7-3-6-14-13(15)5-4-11-20-14)8-12-23-17(25)19(22-18(23)26)9-1-2-10-19/h3-7,11H,1-2,8-10,12H2,(H,21,24)(H,22,26). The zero-order chi connectivity index (χ0) is 18.1. The summed E-state index contributed by atoms with van der Waals surface area (Å²) in [5.41, 5.74) is 0.738. The Balaban J connectivity index is 1.41. The highest BCUT2D eigenvalue weighted by atomic mass is 16.2. The number of urea groups is 1. The van der Waals surface area contributed by atoms with Crippen molar-refractivity contribution in [3.8, 4) is 0 Å². The zero-order valence-electron chi connectivity index (χ0n) is 14.3. The minimum atomic E-state index is -0.727. The van der Waals surface area contributed by atoms with Crippen LogP contribution in [0.1, 0.15) is 32.1 Å². The lowest BCUT2D eigenvalue weighted by Gasteiger charge is -2.19. The fourth-order valence-electron chi connectivity index (χ4n) is 3.84. The van der Waals surface area contributed by atoms with Gasteiger partial charge in [-0.25, -0.2) is 4.79 Å². The van der Waals surface area contributed by atoms with Crippen LogP contribution in [-0.4, -0.2) is 39.8 Å². The highest BCUT2D eigenvalue weighted by Crippen LogP contribution is 2.35. The molecular formula is C19H20N4O3. The van der Waals surface area contributed by atoms with Crippen molar-refractivity contribution >= 4 is 34.4 Å². The molecule has 1 saturated heterocycles. The van der Waals surface area contributed by atoms with Gasteiger partial charge in [-0.2, -0.15) is 0 Å². The summed E-state index contributed by atoms with van der Waals surface area (Å²) in [6, 6.07) is 8.82. The van der Waals surface area contributed by atoms with Gasteiger partial charge in [-0.15, -0.1) is 0 Å². The maximum atomic E-state index is 12.6. The fraction of sp³-hybridized carbons (Fsp3) is 0.368. The Morgan fingerprint density at radius 2 is 2.00 bits per heavy atom. The van der Waals surface area contributed by atoms with Crippen molar-refractivity contribution in [1.82, 2.24) is 15.2 Å². The summed E-state index contributed by atoms with van der Waals surface area (Å²) in [5, 5.41) is 6.53. The lowest BCUT2D eigenvalue weighted by Crippen LogP contribution is -2.44. The number of nitrogens with zero attached hydrogens (tertiary/aromatic N) is 2. The summed E-state index contributed by atoms with van der Waals surface area (Å²) < 4.78 is 0. The minimum Gasteiger partial charge on any atom is -0.325 e. The van der Waals surface area contributed by atoms with Crippen molar-refractivity contribution in [3.63, 3.8) is 0 Å². The summed E-state index contributed by atoms with van der Waals surface area (Å²) in [6.07, 6.45) is 5.01. The molecule has 1 aliphatic heterocycles. The van der Waals surface area contributed by atoms with E-state index >= 15 is 0 Å². The summed E-state index contributed by atoms with van der Waals surface area (Å²) in [5.74, 6) is -0.434. The topological polar surface area (TPSA) is 91.4 Å². The van der Waals surface area contributed by atoms with E-state index in [4.69, 9.17) is 0 Å². The van der Waals surface area contributed by atoms with Crippen LogP contribution < -0.4 is 10.6 Å². The van der Waals surface area contributed by atoms with Gasteiger partial charge in [0.25, 0.3) is 5.91 Å². The monoisotopic (exact) mass is 352 g/mol. The van der Waals surface area contributed by atoms with Gasteiger partial charge in [-0.05, 0) is 37.1 Å². The van der Waals surface area contributed by atoms with Gasteiger partial charge in [0.2, 0.25) is 5.91 Å². The first-order valence-electron chi connectivity index (χ1n) is 8.87. The molecule has 2 N–H and O–H groups in total. The predicted molar refractivity (Wildman–Crippen MR) is 96.4 cm³/mol. The zero-order valence-corrected chi connectivity index (χ0v) is 14.3. The molecule has 0 radical (unpaired) electrons. The predicted octanol–water partition coefficient (Wildman–Crippen LogP) is 2.43. The first kappa shape index (κ1) is 16.5. The number of imide groups is 1. The smallest absolute Gasteiger partial charge is 0.325 e. The van der Waals surface area contributed by atoms with Crippen LogP contribution in [0.2, 0.25) is 0 Å². The second kappa shape index (κ2) is 6.40. The molecule has 2 aliphatic rings. The normalized spacial score (nSPS) is 18.5. The Morgan fingerprint density at radius 1 is 1.19 bits per heavy atom. The maximum Gasteiger partial charge on any atom is 0.325 e. The Kier molecular flexibility index (Phi) is 4.06. The van der Waals surface area contributed by atoms with E-state index in [-0.39, 0.29) is 30.8 Å². The number of aromatic nitrogens is 1. The van der Waals surface area contributed by atoms with Gasteiger partial charge in [0.05, 0.1) is 11.2 Å². The third kappa shape index (κ3) is 2.79. The molecule has 2 heterocycles. The molecule has 1 spiro atoms. The molecule has 1 aromatic carbocycles. The molecule has 134 valence electrons. The van der Waals surface area contributed by atoms with E-state index in [0.29, 0.717) is 18.5 Å². The van der Waals surface area contributed by atoms with Crippen LogP contribution in [-0.2, 0) is 9.59 Å². The van der Waals surface area contributed by atoms with Gasteiger partial charge in [0.1, 0.15) is 5.54 Å². The quantitative estimate of drug-likeness (QED) is 0.827. The molecule has 0 unspecified atom stereocenters. The van der Waals surface area contributed by atoms with Gasteiger partial charge >= 0.3 is 6.03 Å². The number of rotatable bonds is 4. The van der Waals surface area contributed by atoms with Crippen LogP contribution in [0.3, 0.4) is 0 Å².